The van der Waals surface area contributed by atoms with Crippen LogP contribution >= 0.6 is 0 Å². The second-order valence-electron chi connectivity index (χ2n) is 7.55. The van der Waals surface area contributed by atoms with E-state index in [1.54, 1.807) is 6.07 Å². The molecule has 0 spiro atoms. The van der Waals surface area contributed by atoms with Gasteiger partial charge in [-0.1, -0.05) is 53.0 Å². The molecule has 0 aromatic heterocycles. The molecule has 0 aliphatic heterocycles. The van der Waals surface area contributed by atoms with Crippen LogP contribution in [0.25, 0.3) is 0 Å². The second-order valence-corrected chi connectivity index (χ2v) is 7.55. The molecule has 0 heterocycles. The van der Waals surface area contributed by atoms with Crippen molar-refractivity contribution in [1.29, 1.82) is 5.26 Å². The number of rotatable bonds is 4. The highest BCUT2D eigenvalue weighted by Gasteiger charge is 2.25. The normalized spacial score (nSPS) is 22.1. The molecule has 2 unspecified atom stereocenters. The molecule has 0 saturated heterocycles. The predicted octanol–water partition coefficient (Wildman–Crippen LogP) is 5.83. The van der Waals surface area contributed by atoms with Gasteiger partial charge in [-0.15, -0.1) is 0 Å². The average molecular weight is 301 g/mol. The van der Waals surface area contributed by atoms with Crippen molar-refractivity contribution in [1.82, 2.24) is 0 Å². The van der Waals surface area contributed by atoms with E-state index in [0.717, 1.165) is 23.5 Å². The third-order valence-electron chi connectivity index (χ3n) is 5.23. The molecule has 1 aliphatic rings. The first-order valence-corrected chi connectivity index (χ1v) is 8.64. The zero-order valence-electron chi connectivity index (χ0n) is 14.3. The summed E-state index contributed by atoms with van der Waals surface area (Å²) in [6.45, 7) is 8.77. The summed E-state index contributed by atoms with van der Waals surface area (Å²) in [5, 5.41) is 9.18. The summed E-state index contributed by atoms with van der Waals surface area (Å²) >= 11 is 0. The average Bonchev–Trinajstić information content (AvgIpc) is 2.49. The number of nitriles is 1. The maximum absolute atomic E-state index is 14.5. The van der Waals surface area contributed by atoms with Gasteiger partial charge in [0.05, 0.1) is 5.56 Å². The molecule has 1 aromatic rings. The van der Waals surface area contributed by atoms with Crippen LogP contribution in [0.4, 0.5) is 4.39 Å². The van der Waals surface area contributed by atoms with Crippen LogP contribution in [0.2, 0.25) is 0 Å². The molecule has 1 aliphatic carbocycles. The summed E-state index contributed by atoms with van der Waals surface area (Å²) in [5.41, 5.74) is 2.03. The fraction of sp³-hybridized carbons (Fsp3) is 0.650. The van der Waals surface area contributed by atoms with Gasteiger partial charge in [0.25, 0.3) is 0 Å². The van der Waals surface area contributed by atoms with Gasteiger partial charge in [-0.05, 0) is 53.7 Å². The Balaban J connectivity index is 2.21. The quantitative estimate of drug-likeness (QED) is 0.686. The van der Waals surface area contributed by atoms with Gasteiger partial charge >= 0.3 is 0 Å². The van der Waals surface area contributed by atoms with Crippen LogP contribution in [-0.4, -0.2) is 0 Å². The van der Waals surface area contributed by atoms with E-state index in [9.17, 15) is 9.65 Å². The van der Waals surface area contributed by atoms with Gasteiger partial charge in [0, 0.05) is 0 Å². The van der Waals surface area contributed by atoms with Crippen molar-refractivity contribution in [2.45, 2.75) is 65.7 Å². The first kappa shape index (κ1) is 17.0. The summed E-state index contributed by atoms with van der Waals surface area (Å²) in [4.78, 5) is 0. The summed E-state index contributed by atoms with van der Waals surface area (Å²) in [5.74, 6) is 2.07. The largest absolute Gasteiger partial charge is 0.205 e. The van der Waals surface area contributed by atoms with Gasteiger partial charge in [-0.3, -0.25) is 0 Å². The van der Waals surface area contributed by atoms with Gasteiger partial charge in [0.15, 0.2) is 0 Å². The Kier molecular flexibility index (Phi) is 5.62. The Labute approximate surface area is 134 Å². The molecule has 120 valence electrons. The minimum absolute atomic E-state index is 0.206. The summed E-state index contributed by atoms with van der Waals surface area (Å²) in [6, 6.07) is 5.72. The molecule has 1 fully saturated rings. The monoisotopic (exact) mass is 301 g/mol. The minimum Gasteiger partial charge on any atom is -0.205 e. The zero-order chi connectivity index (χ0) is 16.3. The molecule has 0 radical (unpaired) electrons. The fourth-order valence-corrected chi connectivity index (χ4v) is 3.71. The third-order valence-corrected chi connectivity index (χ3v) is 5.23. The highest BCUT2D eigenvalue weighted by molar-refractivity contribution is 5.40. The van der Waals surface area contributed by atoms with E-state index in [2.05, 4.69) is 27.7 Å². The van der Waals surface area contributed by atoms with E-state index in [0.29, 0.717) is 17.8 Å². The van der Waals surface area contributed by atoms with Gasteiger partial charge in [0.1, 0.15) is 11.9 Å². The third kappa shape index (κ3) is 3.88. The van der Waals surface area contributed by atoms with E-state index in [1.807, 2.05) is 12.1 Å². The molecule has 2 heteroatoms. The van der Waals surface area contributed by atoms with Crippen molar-refractivity contribution >= 4 is 0 Å². The zero-order valence-corrected chi connectivity index (χ0v) is 14.3. The maximum atomic E-state index is 14.5. The highest BCUT2D eigenvalue weighted by Crippen LogP contribution is 2.36. The van der Waals surface area contributed by atoms with E-state index in [4.69, 9.17) is 0 Å². The first-order chi connectivity index (χ1) is 10.4. The lowest BCUT2D eigenvalue weighted by atomic mass is 9.74. The van der Waals surface area contributed by atoms with Crippen LogP contribution in [0, 0.1) is 34.9 Å². The Morgan fingerprint density at radius 3 is 2.55 bits per heavy atom. The van der Waals surface area contributed by atoms with Crippen LogP contribution in [0.1, 0.15) is 76.0 Å². The lowest BCUT2D eigenvalue weighted by Crippen LogP contribution is -2.21. The molecule has 0 bridgehead atoms. The fourth-order valence-electron chi connectivity index (χ4n) is 3.71. The van der Waals surface area contributed by atoms with Crippen molar-refractivity contribution in [3.05, 3.63) is 34.6 Å². The molecule has 1 nitrogen and oxygen atoms in total. The molecule has 1 aromatic carbocycles. The van der Waals surface area contributed by atoms with Gasteiger partial charge in [0.2, 0.25) is 0 Å². The lowest BCUT2D eigenvalue weighted by Gasteiger charge is -2.32. The predicted molar refractivity (Wildman–Crippen MR) is 89.2 cm³/mol. The van der Waals surface area contributed by atoms with Crippen LogP contribution in [0.15, 0.2) is 12.1 Å². The molecular weight excluding hydrogens is 273 g/mol. The number of hydrogen-bond acceptors (Lipinski definition) is 1. The smallest absolute Gasteiger partial charge is 0.144 e. The van der Waals surface area contributed by atoms with Gasteiger partial charge < -0.3 is 0 Å². The molecule has 2 atom stereocenters. The van der Waals surface area contributed by atoms with E-state index in [-0.39, 0.29) is 11.4 Å². The SMILES string of the molecule is CC(C)c1cc(C#N)c(F)c(CC2CCCC(C(C)C)C2)c1. The molecule has 2 rings (SSSR count). The highest BCUT2D eigenvalue weighted by atomic mass is 19.1. The molecule has 1 saturated carbocycles. The first-order valence-electron chi connectivity index (χ1n) is 8.64. The maximum Gasteiger partial charge on any atom is 0.144 e. The Morgan fingerprint density at radius 1 is 1.23 bits per heavy atom. The van der Waals surface area contributed by atoms with Crippen molar-refractivity contribution in [2.24, 2.45) is 17.8 Å². The molecule has 0 amide bonds. The van der Waals surface area contributed by atoms with E-state index in [1.165, 1.54) is 25.7 Å². The van der Waals surface area contributed by atoms with Gasteiger partial charge in [-0.2, -0.15) is 5.26 Å². The number of benzene rings is 1. The summed E-state index contributed by atoms with van der Waals surface area (Å²) in [6.07, 6.45) is 5.74. The van der Waals surface area contributed by atoms with Crippen LogP contribution < -0.4 is 0 Å². The standard InChI is InChI=1S/C20H28FN/c1-13(2)16-7-5-6-15(8-16)9-18-10-17(14(3)4)11-19(12-22)20(18)21/h10-11,13-16H,5-9H2,1-4H3. The van der Waals surface area contributed by atoms with Crippen molar-refractivity contribution in [3.63, 3.8) is 0 Å². The number of halogens is 1. The van der Waals surface area contributed by atoms with E-state index < -0.39 is 0 Å². The molecule has 22 heavy (non-hydrogen) atoms. The lowest BCUT2D eigenvalue weighted by molar-refractivity contribution is 0.213. The minimum atomic E-state index is -0.293. The van der Waals surface area contributed by atoms with Crippen LogP contribution in [0.5, 0.6) is 0 Å². The molecule has 0 N–H and O–H groups in total. The topological polar surface area (TPSA) is 23.8 Å². The summed E-state index contributed by atoms with van der Waals surface area (Å²) in [7, 11) is 0. The van der Waals surface area contributed by atoms with Crippen molar-refractivity contribution in [3.8, 4) is 6.07 Å². The van der Waals surface area contributed by atoms with Crippen LogP contribution in [-0.2, 0) is 6.42 Å². The Hall–Kier alpha value is -1.36. The second kappa shape index (κ2) is 7.27. The van der Waals surface area contributed by atoms with Crippen LogP contribution in [0.3, 0.4) is 0 Å². The summed E-state index contributed by atoms with van der Waals surface area (Å²) < 4.78 is 14.5. The number of nitrogens with zero attached hydrogens (tertiary/aromatic N) is 1. The Bertz CT molecular complexity index is 554. The van der Waals surface area contributed by atoms with E-state index >= 15 is 0 Å². The van der Waals surface area contributed by atoms with Crippen molar-refractivity contribution < 1.29 is 4.39 Å². The number of hydrogen-bond donors (Lipinski definition) is 0. The molecular formula is C20H28FN. The Morgan fingerprint density at radius 2 is 1.95 bits per heavy atom. The van der Waals surface area contributed by atoms with Gasteiger partial charge in [-0.25, -0.2) is 4.39 Å². The van der Waals surface area contributed by atoms with Crippen molar-refractivity contribution in [2.75, 3.05) is 0 Å².